The Morgan fingerprint density at radius 1 is 1.12 bits per heavy atom. The van der Waals surface area contributed by atoms with Crippen molar-refractivity contribution in [2.75, 3.05) is 33.0 Å². The maximum Gasteiger partial charge on any atom is 0.216 e. The molecule has 2 aromatic heterocycles. The Balaban J connectivity index is 0.00000259. The summed E-state index contributed by atoms with van der Waals surface area (Å²) >= 11 is 0. The molecule has 4 heterocycles. The number of H-pyrrole nitrogens is 1. The zero-order valence-corrected chi connectivity index (χ0v) is 21.8. The molecule has 2 saturated heterocycles. The molecule has 1 radical (unpaired) electrons. The van der Waals surface area contributed by atoms with E-state index >= 15 is 0 Å². The van der Waals surface area contributed by atoms with E-state index in [-0.39, 0.29) is 55.1 Å². The van der Waals surface area contributed by atoms with Gasteiger partial charge >= 0.3 is 0 Å². The van der Waals surface area contributed by atoms with Crippen molar-refractivity contribution < 1.29 is 27.9 Å². The van der Waals surface area contributed by atoms with Crippen molar-refractivity contribution in [1.29, 1.82) is 0 Å². The molecule has 1 spiro atoms. The minimum absolute atomic E-state index is 0. The van der Waals surface area contributed by atoms with Crippen LogP contribution in [0.5, 0.6) is 5.75 Å². The molecule has 2 aliphatic rings. The SMILES string of the molecule is Cc1c(OCC2(C)OCC3(CO2)OCCO3)ccnc1CS(=O)c1nc2ccccc2[nH]1.[Na]. The van der Waals surface area contributed by atoms with Crippen molar-refractivity contribution in [3.63, 3.8) is 0 Å². The molecule has 1 N–H and O–H groups in total. The van der Waals surface area contributed by atoms with Gasteiger partial charge in [-0.2, -0.15) is 0 Å². The predicted octanol–water partition coefficient (Wildman–Crippen LogP) is 2.08. The molecule has 5 rings (SSSR count). The Morgan fingerprint density at radius 2 is 1.85 bits per heavy atom. The van der Waals surface area contributed by atoms with Gasteiger partial charge in [0, 0.05) is 41.3 Å². The first-order valence-electron chi connectivity index (χ1n) is 10.4. The van der Waals surface area contributed by atoms with E-state index in [1.807, 2.05) is 38.1 Å². The van der Waals surface area contributed by atoms with Gasteiger partial charge in [-0.15, -0.1) is 0 Å². The number of benzene rings is 1. The maximum atomic E-state index is 12.9. The number of rotatable bonds is 6. The maximum absolute atomic E-state index is 12.9. The number of hydrogen-bond acceptors (Lipinski definition) is 8. The molecule has 0 saturated carbocycles. The molecule has 11 heteroatoms. The zero-order valence-electron chi connectivity index (χ0n) is 19.0. The van der Waals surface area contributed by atoms with E-state index in [2.05, 4.69) is 15.0 Å². The smallest absolute Gasteiger partial charge is 0.216 e. The normalized spacial score (nSPS) is 19.9. The Labute approximate surface area is 216 Å². The van der Waals surface area contributed by atoms with Crippen LogP contribution in [0.25, 0.3) is 11.0 Å². The minimum Gasteiger partial charge on any atom is -0.488 e. The summed E-state index contributed by atoms with van der Waals surface area (Å²) in [5.74, 6) is -0.864. The molecule has 1 atom stereocenters. The molecule has 33 heavy (non-hydrogen) atoms. The second-order valence-electron chi connectivity index (χ2n) is 8.04. The molecule has 2 aliphatic heterocycles. The molecule has 9 nitrogen and oxygen atoms in total. The van der Waals surface area contributed by atoms with E-state index in [9.17, 15) is 4.21 Å². The number of aromatic amines is 1. The van der Waals surface area contributed by atoms with Gasteiger partial charge in [0.05, 0.1) is 46.5 Å². The topological polar surface area (TPSA) is 105 Å². The standard InChI is InChI=1S/C22H25N3O6S.Na/c1-15-18(11-32(26)20-24-16-5-3-4-6-17(16)25-20)23-8-7-19(15)27-12-21(2)30-13-22(14-31-21)28-9-10-29-22;/h3-8H,9-14H2,1-2H3,(H,24,25);. The molecule has 1 aromatic carbocycles. The van der Waals surface area contributed by atoms with Crippen molar-refractivity contribution in [1.82, 2.24) is 15.0 Å². The summed E-state index contributed by atoms with van der Waals surface area (Å²) in [5, 5.41) is 0.431. The van der Waals surface area contributed by atoms with E-state index in [0.717, 1.165) is 16.6 Å². The Bertz CT molecular complexity index is 1110. The second kappa shape index (κ2) is 10.1. The van der Waals surface area contributed by atoms with Gasteiger partial charge in [0.15, 0.2) is 10.9 Å². The molecule has 3 aromatic rings. The number of para-hydroxylation sites is 2. The van der Waals surface area contributed by atoms with Gasteiger partial charge in [-0.25, -0.2) is 4.98 Å². The van der Waals surface area contributed by atoms with Crippen LogP contribution in [0.3, 0.4) is 0 Å². The third-order valence-corrected chi connectivity index (χ3v) is 6.77. The Hall–Kier alpha value is -1.37. The number of nitrogens with one attached hydrogen (secondary N) is 1. The summed E-state index contributed by atoms with van der Waals surface area (Å²) in [5.41, 5.74) is 3.14. The van der Waals surface area contributed by atoms with Gasteiger partial charge in [0.1, 0.15) is 25.6 Å². The Kier molecular flexibility index (Phi) is 7.56. The van der Waals surface area contributed by atoms with Crippen molar-refractivity contribution in [3.05, 3.63) is 47.8 Å². The Morgan fingerprint density at radius 3 is 2.58 bits per heavy atom. The van der Waals surface area contributed by atoms with E-state index in [0.29, 0.717) is 29.8 Å². The molecule has 1 unspecified atom stereocenters. The third kappa shape index (κ3) is 5.33. The van der Waals surface area contributed by atoms with Crippen LogP contribution in [0, 0.1) is 6.92 Å². The molecule has 2 fully saturated rings. The van der Waals surface area contributed by atoms with Crippen LogP contribution in [-0.4, -0.2) is 93.3 Å². The predicted molar refractivity (Wildman–Crippen MR) is 121 cm³/mol. The first-order valence-corrected chi connectivity index (χ1v) is 11.7. The van der Waals surface area contributed by atoms with Gasteiger partial charge in [-0.05, 0) is 32.0 Å². The van der Waals surface area contributed by atoms with Crippen LogP contribution in [0.4, 0.5) is 0 Å². The monoisotopic (exact) mass is 482 g/mol. The second-order valence-corrected chi connectivity index (χ2v) is 9.40. The van der Waals surface area contributed by atoms with Crippen molar-refractivity contribution in [3.8, 4) is 5.75 Å². The van der Waals surface area contributed by atoms with Crippen molar-refractivity contribution in [2.24, 2.45) is 0 Å². The molecular weight excluding hydrogens is 457 g/mol. The number of aromatic nitrogens is 3. The van der Waals surface area contributed by atoms with Crippen LogP contribution in [0.15, 0.2) is 41.7 Å². The third-order valence-electron chi connectivity index (χ3n) is 5.61. The molecule has 0 amide bonds. The van der Waals surface area contributed by atoms with Crippen LogP contribution >= 0.6 is 0 Å². The number of imidazole rings is 1. The molecule has 0 aliphatic carbocycles. The van der Waals surface area contributed by atoms with Crippen LogP contribution in [-0.2, 0) is 35.5 Å². The summed E-state index contributed by atoms with van der Waals surface area (Å²) in [6, 6.07) is 9.38. The number of fused-ring (bicyclic) bond motifs is 1. The van der Waals surface area contributed by atoms with Crippen molar-refractivity contribution in [2.45, 2.75) is 36.3 Å². The fourth-order valence-electron chi connectivity index (χ4n) is 3.66. The molecular formula is C22H25N3NaO6S. The molecule has 171 valence electrons. The van der Waals surface area contributed by atoms with Crippen LogP contribution in [0.1, 0.15) is 18.2 Å². The first kappa shape index (κ1) is 24.7. The number of hydrogen-bond donors (Lipinski definition) is 1. The van der Waals surface area contributed by atoms with E-state index in [1.165, 1.54) is 0 Å². The van der Waals surface area contributed by atoms with E-state index in [4.69, 9.17) is 23.7 Å². The van der Waals surface area contributed by atoms with Gasteiger partial charge in [0.25, 0.3) is 0 Å². The number of nitrogens with zero attached hydrogens (tertiary/aromatic N) is 2. The fourth-order valence-corrected chi connectivity index (χ4v) is 4.76. The van der Waals surface area contributed by atoms with E-state index < -0.39 is 22.4 Å². The first-order chi connectivity index (χ1) is 15.5. The summed E-state index contributed by atoms with van der Waals surface area (Å²) in [7, 11) is -1.37. The van der Waals surface area contributed by atoms with Crippen LogP contribution in [0.2, 0.25) is 0 Å². The number of pyridine rings is 1. The fraction of sp³-hybridized carbons (Fsp3) is 0.455. The molecule has 0 bridgehead atoms. The average molecular weight is 483 g/mol. The van der Waals surface area contributed by atoms with Crippen LogP contribution < -0.4 is 4.74 Å². The minimum atomic E-state index is -1.37. The van der Waals surface area contributed by atoms with Gasteiger partial charge in [-0.1, -0.05) is 12.1 Å². The quantitative estimate of drug-likeness (QED) is 0.533. The van der Waals surface area contributed by atoms with Crippen molar-refractivity contribution >= 4 is 51.4 Å². The summed E-state index contributed by atoms with van der Waals surface area (Å²) in [6.45, 7) is 5.53. The van der Waals surface area contributed by atoms with E-state index in [1.54, 1.807) is 12.3 Å². The van der Waals surface area contributed by atoms with Gasteiger partial charge < -0.3 is 28.7 Å². The van der Waals surface area contributed by atoms with Gasteiger partial charge in [-0.3, -0.25) is 9.19 Å². The average Bonchev–Trinajstić information content (AvgIpc) is 3.44. The zero-order chi connectivity index (χ0) is 22.2. The summed E-state index contributed by atoms with van der Waals surface area (Å²) in [6.07, 6.45) is 1.65. The van der Waals surface area contributed by atoms with Gasteiger partial charge in [0.2, 0.25) is 5.79 Å². The largest absolute Gasteiger partial charge is 0.488 e. The number of ether oxygens (including phenoxy) is 5. The summed E-state index contributed by atoms with van der Waals surface area (Å²) in [4.78, 5) is 12.0. The summed E-state index contributed by atoms with van der Waals surface area (Å²) < 4.78 is 41.9.